The fourth-order valence-electron chi connectivity index (χ4n) is 7.08. The largest absolute Gasteiger partial charge is 1.00 e. The molecule has 0 saturated carbocycles. The molecule has 0 atom stereocenters. The Bertz CT molecular complexity index is 2510. The zero-order valence-corrected chi connectivity index (χ0v) is 40.0. The second-order valence-electron chi connectivity index (χ2n) is 13.8. The third kappa shape index (κ3) is 17.2. The molecule has 340 valence electrons. The van der Waals surface area contributed by atoms with Gasteiger partial charge in [0.05, 0.1) is 28.0 Å². The van der Waals surface area contributed by atoms with Crippen LogP contribution in [0.2, 0.25) is 0 Å². The second kappa shape index (κ2) is 24.8. The van der Waals surface area contributed by atoms with Gasteiger partial charge in [0.2, 0.25) is 0 Å². The molecule has 3 nitrogen and oxygen atoms in total. The average Bonchev–Trinajstić information content (AvgIpc) is 3.28. The minimum atomic E-state index is -10.7. The molecule has 0 spiro atoms. The molecular formula is C52H50CuF6N2OP3+2. The fourth-order valence-corrected chi connectivity index (χ4v) is 12.6. The molecule has 8 aromatic rings. The van der Waals surface area contributed by atoms with Gasteiger partial charge in [-0.3, -0.25) is 0 Å². The Morgan fingerprint density at radius 1 is 0.415 bits per heavy atom. The van der Waals surface area contributed by atoms with Crippen molar-refractivity contribution in [2.45, 2.75) is 27.7 Å². The fraction of sp³-hybridized carbons (Fsp3) is 0.115. The van der Waals surface area contributed by atoms with E-state index in [0.29, 0.717) is 0 Å². The van der Waals surface area contributed by atoms with Crippen LogP contribution in [0.15, 0.2) is 194 Å². The molecule has 0 aliphatic heterocycles. The first-order valence-electron chi connectivity index (χ1n) is 20.3. The Morgan fingerprint density at radius 2 is 0.646 bits per heavy atom. The molecule has 0 heterocycles. The number of fused-ring (bicyclic) bond motifs is 2. The summed E-state index contributed by atoms with van der Waals surface area (Å²) in [5.74, 6) is 0. The average molecular weight is 989 g/mol. The zero-order chi connectivity index (χ0) is 46.7. The van der Waals surface area contributed by atoms with Gasteiger partial charge in [-0.1, -0.05) is 133 Å². The smallest absolute Gasteiger partial charge is 0.0620 e. The van der Waals surface area contributed by atoms with Gasteiger partial charge in [-0.15, -0.1) is 0 Å². The van der Waals surface area contributed by atoms with Gasteiger partial charge in [0, 0.05) is 38.2 Å². The molecular weight excluding hydrogens is 939 g/mol. The Morgan fingerprint density at radius 3 is 0.877 bits per heavy atom. The maximum atomic E-state index is 9.87. The molecule has 8 rings (SSSR count). The van der Waals surface area contributed by atoms with Crippen molar-refractivity contribution in [3.8, 4) is 23.3 Å². The topological polar surface area (TPSA) is 56.8 Å². The van der Waals surface area contributed by atoms with E-state index >= 15 is 0 Å². The van der Waals surface area contributed by atoms with Crippen molar-refractivity contribution in [1.82, 2.24) is 0 Å². The summed E-state index contributed by atoms with van der Waals surface area (Å²) in [5.41, 5.74) is 2.75. The van der Waals surface area contributed by atoms with Gasteiger partial charge in [0.1, 0.15) is 31.8 Å². The number of nitriles is 2. The van der Waals surface area contributed by atoms with Crippen molar-refractivity contribution >= 4 is 77.0 Å². The Kier molecular flexibility index (Phi) is 20.6. The van der Waals surface area contributed by atoms with Crippen LogP contribution in [-0.2, 0) is 21.8 Å². The van der Waals surface area contributed by atoms with Crippen LogP contribution in [0, 0.1) is 22.7 Å². The van der Waals surface area contributed by atoms with Crippen LogP contribution in [-0.4, -0.2) is 13.2 Å². The summed E-state index contributed by atoms with van der Waals surface area (Å²) in [4.78, 5) is 0. The van der Waals surface area contributed by atoms with E-state index in [1.54, 1.807) is 12.1 Å². The molecule has 0 amide bonds. The van der Waals surface area contributed by atoms with Gasteiger partial charge in [-0.05, 0) is 96.1 Å². The van der Waals surface area contributed by atoms with Gasteiger partial charge < -0.3 is 4.74 Å². The van der Waals surface area contributed by atoms with E-state index < -0.39 is 23.7 Å². The summed E-state index contributed by atoms with van der Waals surface area (Å²) < 4.78 is 64.0. The van der Waals surface area contributed by atoms with E-state index in [1.165, 1.54) is 78.3 Å². The summed E-state index contributed by atoms with van der Waals surface area (Å²) in [6.07, 6.45) is 0. The first kappa shape index (κ1) is 53.9. The van der Waals surface area contributed by atoms with Crippen molar-refractivity contribution in [3.63, 3.8) is 0 Å². The first-order valence-corrected chi connectivity index (χ1v) is 25.4. The number of hydrogen-bond donors (Lipinski definition) is 0. The molecule has 0 N–H and O–H groups in total. The van der Waals surface area contributed by atoms with Crippen LogP contribution in [0.5, 0.6) is 0 Å². The monoisotopic (exact) mass is 988 g/mol. The summed E-state index contributed by atoms with van der Waals surface area (Å²) >= 11 is 0. The predicted octanol–water partition coefficient (Wildman–Crippen LogP) is 14.1. The number of hydrogen-bond acceptors (Lipinski definition) is 3. The summed E-state index contributed by atoms with van der Waals surface area (Å²) in [6.45, 7) is 8.53. The van der Waals surface area contributed by atoms with Crippen LogP contribution in [0.25, 0.3) is 32.7 Å². The maximum Gasteiger partial charge on any atom is 1.00 e. The molecule has 65 heavy (non-hydrogen) atoms. The number of ether oxygens (including phenoxy) is 1. The quantitative estimate of drug-likeness (QED) is 0.0822. The predicted molar refractivity (Wildman–Crippen MR) is 265 cm³/mol. The van der Waals surface area contributed by atoms with Crippen LogP contribution in [0.1, 0.15) is 27.7 Å². The van der Waals surface area contributed by atoms with Gasteiger partial charge in [0.15, 0.2) is 0 Å². The van der Waals surface area contributed by atoms with E-state index in [-0.39, 0.29) is 17.1 Å². The number of halogens is 6. The molecule has 0 saturated heterocycles. The van der Waals surface area contributed by atoms with Crippen molar-refractivity contribution in [2.75, 3.05) is 13.2 Å². The van der Waals surface area contributed by atoms with Crippen molar-refractivity contribution in [2.24, 2.45) is 0 Å². The van der Waals surface area contributed by atoms with Gasteiger partial charge in [-0.2, -0.15) is 10.5 Å². The van der Waals surface area contributed by atoms with Crippen molar-refractivity contribution < 1.29 is 47.0 Å². The first-order chi connectivity index (χ1) is 30.6. The summed E-state index contributed by atoms with van der Waals surface area (Å²) in [6, 6.07) is 75.7. The van der Waals surface area contributed by atoms with E-state index in [4.69, 9.17) is 15.3 Å². The van der Waals surface area contributed by atoms with Crippen LogP contribution >= 0.6 is 23.7 Å². The number of nitrogens with zero attached hydrogens (tertiary/aromatic N) is 2. The standard InChI is InChI=1S/C44H32P2.C4H10O.2C2H3N.Cu.F6P/c1-5-19-35(20-6-1)45(36-21-7-2-8-22-36)41-31-29-33-17-13-15-27-39(33)43(41)44-40-28-16-14-18-34(40)30-32-42(44)46(37-23-9-3-10-24-37)38-25-11-4-12-26-38;1-3-5-4-2;2*1-2-3;;1-7(2,3,4,5)6/h1-32H;3-4H2,1-2H3;2*1H3;;/q;;;;+1;-1/p+2. The van der Waals surface area contributed by atoms with Gasteiger partial charge in [0.25, 0.3) is 0 Å². The molecule has 0 aliphatic rings. The third-order valence-corrected chi connectivity index (χ3v) is 14.9. The van der Waals surface area contributed by atoms with E-state index in [9.17, 15) is 25.2 Å². The zero-order valence-electron chi connectivity index (χ0n) is 36.2. The molecule has 0 fully saturated rings. The second-order valence-corrected chi connectivity index (χ2v) is 20.6. The summed E-state index contributed by atoms with van der Waals surface area (Å²) in [7, 11) is -13.4. The molecule has 8 aromatic carbocycles. The Labute approximate surface area is 390 Å². The third-order valence-electron chi connectivity index (χ3n) is 9.30. The van der Waals surface area contributed by atoms with Crippen LogP contribution in [0.4, 0.5) is 25.2 Å². The number of benzene rings is 8. The molecule has 0 aromatic heterocycles. The summed E-state index contributed by atoms with van der Waals surface area (Å²) in [5, 5.41) is 28.3. The van der Waals surface area contributed by atoms with Crippen molar-refractivity contribution in [3.05, 3.63) is 194 Å². The Hall–Kier alpha value is -5.39. The van der Waals surface area contributed by atoms with Gasteiger partial charge >= 0.3 is 50.1 Å². The van der Waals surface area contributed by atoms with E-state index in [1.807, 2.05) is 13.8 Å². The minimum Gasteiger partial charge on any atom is -0.0620 e. The normalized spacial score (nSPS) is 11.5. The van der Waals surface area contributed by atoms with E-state index in [2.05, 4.69) is 194 Å². The van der Waals surface area contributed by atoms with Crippen LogP contribution in [0.3, 0.4) is 0 Å². The van der Waals surface area contributed by atoms with E-state index in [0.717, 1.165) is 13.2 Å². The molecule has 13 heteroatoms. The molecule has 0 bridgehead atoms. The van der Waals surface area contributed by atoms with Crippen molar-refractivity contribution in [1.29, 1.82) is 10.5 Å². The Balaban J connectivity index is 0.000000507. The molecule has 0 unspecified atom stereocenters. The number of rotatable bonds is 9. The minimum absolute atomic E-state index is 0. The molecule has 0 radical (unpaired) electrons. The van der Waals surface area contributed by atoms with Gasteiger partial charge in [-0.25, -0.2) is 0 Å². The SMILES string of the molecule is CC#N.CC#N.CCOCC.F[P-](F)(F)(F)(F)F.[Cu+].c1ccc([PH+](c2ccccc2)c2ccc3ccccc3c2-c2c([PH+](c3ccccc3)c3ccccc3)ccc3ccccc23)cc1. The molecule has 0 aliphatic carbocycles. The maximum absolute atomic E-state index is 10.7. The van der Waals surface area contributed by atoms with Crippen LogP contribution < -0.4 is 31.8 Å².